The Balaban J connectivity index is 2.41. The van der Waals surface area contributed by atoms with Crippen LogP contribution in [0, 0.1) is 5.82 Å². The van der Waals surface area contributed by atoms with Gasteiger partial charge in [-0.15, -0.1) is 0 Å². The first-order chi connectivity index (χ1) is 9.84. The average molecular weight is 301 g/mol. The highest BCUT2D eigenvalue weighted by Crippen LogP contribution is 2.34. The number of nitrogens with zero attached hydrogens (tertiary/aromatic N) is 1. The van der Waals surface area contributed by atoms with Crippen molar-refractivity contribution in [1.82, 2.24) is 4.98 Å². The van der Waals surface area contributed by atoms with Crippen molar-refractivity contribution in [3.63, 3.8) is 0 Å². The number of hydrogen-bond acceptors (Lipinski definition) is 3. The minimum Gasteiger partial charge on any atom is -0.481 e. The first kappa shape index (κ1) is 15.2. The van der Waals surface area contributed by atoms with Gasteiger partial charge in [0.15, 0.2) is 0 Å². The molecule has 0 spiro atoms. The smallest absolute Gasteiger partial charge is 0.419 e. The fourth-order valence-electron chi connectivity index (χ4n) is 1.89. The van der Waals surface area contributed by atoms with Crippen molar-refractivity contribution in [3.05, 3.63) is 59.0 Å². The molecule has 0 aliphatic heterocycles. The highest BCUT2D eigenvalue weighted by atomic mass is 19.4. The SMILES string of the molecule is COc1ncccc1C(O)c1ccc(C(F)(F)F)c(F)c1. The van der Waals surface area contributed by atoms with E-state index in [1.807, 2.05) is 0 Å². The summed E-state index contributed by atoms with van der Waals surface area (Å²) in [5, 5.41) is 10.2. The predicted molar refractivity (Wildman–Crippen MR) is 66.3 cm³/mol. The van der Waals surface area contributed by atoms with Gasteiger partial charge in [-0.2, -0.15) is 13.2 Å². The number of halogens is 4. The van der Waals surface area contributed by atoms with E-state index in [1.54, 1.807) is 0 Å². The second-order valence-electron chi connectivity index (χ2n) is 4.24. The normalized spacial score (nSPS) is 13.0. The Morgan fingerprint density at radius 1 is 1.24 bits per heavy atom. The van der Waals surface area contributed by atoms with Gasteiger partial charge in [0.1, 0.15) is 11.9 Å². The molecule has 1 atom stereocenters. The van der Waals surface area contributed by atoms with Crippen molar-refractivity contribution in [2.45, 2.75) is 12.3 Å². The summed E-state index contributed by atoms with van der Waals surface area (Å²) in [5.74, 6) is -1.33. The molecule has 1 N–H and O–H groups in total. The van der Waals surface area contributed by atoms with Crippen LogP contribution in [0.25, 0.3) is 0 Å². The second kappa shape index (κ2) is 5.69. The van der Waals surface area contributed by atoms with Crippen LogP contribution in [0.5, 0.6) is 5.88 Å². The summed E-state index contributed by atoms with van der Waals surface area (Å²) in [6, 6.07) is 5.28. The van der Waals surface area contributed by atoms with E-state index >= 15 is 0 Å². The Hall–Kier alpha value is -2.15. The van der Waals surface area contributed by atoms with Gasteiger partial charge in [0, 0.05) is 11.8 Å². The van der Waals surface area contributed by atoms with E-state index in [4.69, 9.17) is 4.74 Å². The predicted octanol–water partition coefficient (Wildman–Crippen LogP) is 3.33. The topological polar surface area (TPSA) is 42.4 Å². The molecule has 1 aromatic heterocycles. The standard InChI is InChI=1S/C14H11F4NO2/c1-21-13-9(3-2-6-19-13)12(20)8-4-5-10(11(15)7-8)14(16,17)18/h2-7,12,20H,1H3. The fourth-order valence-corrected chi connectivity index (χ4v) is 1.89. The van der Waals surface area contributed by atoms with Gasteiger partial charge >= 0.3 is 6.18 Å². The lowest BCUT2D eigenvalue weighted by Gasteiger charge is -2.15. The Labute approximate surface area is 117 Å². The molecule has 1 heterocycles. The van der Waals surface area contributed by atoms with Gasteiger partial charge in [-0.3, -0.25) is 0 Å². The van der Waals surface area contributed by atoms with Gasteiger partial charge in [0.25, 0.3) is 0 Å². The molecule has 1 unspecified atom stereocenters. The van der Waals surface area contributed by atoms with Crippen molar-refractivity contribution in [1.29, 1.82) is 0 Å². The van der Waals surface area contributed by atoms with E-state index in [-0.39, 0.29) is 17.0 Å². The largest absolute Gasteiger partial charge is 0.481 e. The van der Waals surface area contributed by atoms with Crippen LogP contribution in [-0.4, -0.2) is 17.2 Å². The zero-order chi connectivity index (χ0) is 15.6. The molecular weight excluding hydrogens is 290 g/mol. The van der Waals surface area contributed by atoms with Gasteiger partial charge in [-0.05, 0) is 29.8 Å². The molecule has 0 aliphatic carbocycles. The molecule has 1 aromatic carbocycles. The Bertz CT molecular complexity index is 643. The summed E-state index contributed by atoms with van der Waals surface area (Å²) >= 11 is 0. The molecule has 0 radical (unpaired) electrons. The maximum Gasteiger partial charge on any atom is 0.419 e. The lowest BCUT2D eigenvalue weighted by Crippen LogP contribution is -2.10. The van der Waals surface area contributed by atoms with Crippen LogP contribution in [0.4, 0.5) is 17.6 Å². The van der Waals surface area contributed by atoms with E-state index in [0.29, 0.717) is 12.1 Å². The number of aliphatic hydroxyl groups excluding tert-OH is 1. The number of methoxy groups -OCH3 is 1. The number of benzene rings is 1. The molecule has 0 saturated carbocycles. The van der Waals surface area contributed by atoms with Gasteiger partial charge in [-0.1, -0.05) is 6.07 Å². The number of ether oxygens (including phenoxy) is 1. The van der Waals surface area contributed by atoms with E-state index in [0.717, 1.165) is 6.07 Å². The summed E-state index contributed by atoms with van der Waals surface area (Å²) in [5.41, 5.74) is -1.16. The van der Waals surface area contributed by atoms with Crippen molar-refractivity contribution in [2.75, 3.05) is 7.11 Å². The maximum atomic E-state index is 13.5. The van der Waals surface area contributed by atoms with Crippen LogP contribution in [0.3, 0.4) is 0 Å². The molecule has 2 rings (SSSR count). The van der Waals surface area contributed by atoms with E-state index in [2.05, 4.69) is 4.98 Å². The summed E-state index contributed by atoms with van der Waals surface area (Å²) < 4.78 is 55.9. The molecule has 7 heteroatoms. The summed E-state index contributed by atoms with van der Waals surface area (Å²) in [6.07, 6.45) is -4.69. The summed E-state index contributed by atoms with van der Waals surface area (Å²) in [7, 11) is 1.34. The number of hydrogen-bond donors (Lipinski definition) is 1. The van der Waals surface area contributed by atoms with Crippen molar-refractivity contribution < 1.29 is 27.4 Å². The molecule has 2 aromatic rings. The van der Waals surface area contributed by atoms with Gasteiger partial charge < -0.3 is 9.84 Å². The van der Waals surface area contributed by atoms with E-state index in [9.17, 15) is 22.7 Å². The molecule has 0 saturated heterocycles. The van der Waals surface area contributed by atoms with Crippen LogP contribution in [0.1, 0.15) is 22.8 Å². The zero-order valence-electron chi connectivity index (χ0n) is 10.9. The van der Waals surface area contributed by atoms with Crippen LogP contribution in [0.2, 0.25) is 0 Å². The molecule has 0 fully saturated rings. The molecule has 3 nitrogen and oxygen atoms in total. The Morgan fingerprint density at radius 3 is 2.52 bits per heavy atom. The van der Waals surface area contributed by atoms with Crippen molar-refractivity contribution in [2.24, 2.45) is 0 Å². The third-order valence-electron chi connectivity index (χ3n) is 2.90. The number of aliphatic hydroxyl groups is 1. The van der Waals surface area contributed by atoms with E-state index < -0.39 is 23.7 Å². The summed E-state index contributed by atoms with van der Waals surface area (Å²) in [6.45, 7) is 0. The number of rotatable bonds is 3. The number of alkyl halides is 3. The molecule has 0 aliphatic rings. The highest BCUT2D eigenvalue weighted by molar-refractivity contribution is 5.37. The molecule has 21 heavy (non-hydrogen) atoms. The third kappa shape index (κ3) is 3.13. The third-order valence-corrected chi connectivity index (χ3v) is 2.90. The van der Waals surface area contributed by atoms with Crippen molar-refractivity contribution in [3.8, 4) is 5.88 Å². The van der Waals surface area contributed by atoms with Crippen LogP contribution >= 0.6 is 0 Å². The average Bonchev–Trinajstić information content (AvgIpc) is 2.45. The van der Waals surface area contributed by atoms with Gasteiger partial charge in [0.2, 0.25) is 5.88 Å². The van der Waals surface area contributed by atoms with Crippen LogP contribution in [0.15, 0.2) is 36.5 Å². The first-order valence-corrected chi connectivity index (χ1v) is 5.88. The van der Waals surface area contributed by atoms with Crippen LogP contribution < -0.4 is 4.74 Å². The number of aromatic nitrogens is 1. The maximum absolute atomic E-state index is 13.5. The number of pyridine rings is 1. The second-order valence-corrected chi connectivity index (χ2v) is 4.24. The fraction of sp³-hybridized carbons (Fsp3) is 0.214. The molecule has 0 bridgehead atoms. The molecule has 0 amide bonds. The molecular formula is C14H11F4NO2. The lowest BCUT2D eigenvalue weighted by atomic mass is 10.0. The Kier molecular flexibility index (Phi) is 4.13. The minimum atomic E-state index is -4.78. The highest BCUT2D eigenvalue weighted by Gasteiger charge is 2.34. The Morgan fingerprint density at radius 2 is 1.95 bits per heavy atom. The van der Waals surface area contributed by atoms with Gasteiger partial charge in [-0.25, -0.2) is 9.37 Å². The molecule has 112 valence electrons. The van der Waals surface area contributed by atoms with Crippen LogP contribution in [-0.2, 0) is 6.18 Å². The van der Waals surface area contributed by atoms with E-state index in [1.165, 1.54) is 25.4 Å². The first-order valence-electron chi connectivity index (χ1n) is 5.88. The minimum absolute atomic E-state index is 0.0215. The zero-order valence-corrected chi connectivity index (χ0v) is 10.9. The monoisotopic (exact) mass is 301 g/mol. The quantitative estimate of drug-likeness (QED) is 0.884. The summed E-state index contributed by atoms with van der Waals surface area (Å²) in [4.78, 5) is 3.87. The lowest BCUT2D eigenvalue weighted by molar-refractivity contribution is -0.140. The van der Waals surface area contributed by atoms with Gasteiger partial charge in [0.05, 0.1) is 12.7 Å². The van der Waals surface area contributed by atoms with Crippen molar-refractivity contribution >= 4 is 0 Å².